The van der Waals surface area contributed by atoms with Crippen molar-refractivity contribution in [3.8, 4) is 0 Å². The summed E-state index contributed by atoms with van der Waals surface area (Å²) in [6, 6.07) is 18.1. The van der Waals surface area contributed by atoms with Crippen molar-refractivity contribution in [2.45, 2.75) is 24.7 Å². The summed E-state index contributed by atoms with van der Waals surface area (Å²) < 4.78 is 3.18. The summed E-state index contributed by atoms with van der Waals surface area (Å²) >= 11 is 3.63. The number of anilines is 1. The highest BCUT2D eigenvalue weighted by Crippen LogP contribution is 2.24. The maximum absolute atomic E-state index is 12.4. The summed E-state index contributed by atoms with van der Waals surface area (Å²) in [7, 11) is 4.04. The van der Waals surface area contributed by atoms with Gasteiger partial charge in [-0.3, -0.25) is 9.69 Å². The van der Waals surface area contributed by atoms with Gasteiger partial charge in [0.15, 0.2) is 11.0 Å². The van der Waals surface area contributed by atoms with Crippen LogP contribution in [0.2, 0.25) is 0 Å². The van der Waals surface area contributed by atoms with E-state index >= 15 is 0 Å². The molecule has 29 heavy (non-hydrogen) atoms. The molecule has 3 aromatic rings. The van der Waals surface area contributed by atoms with Crippen LogP contribution < -0.4 is 5.32 Å². The Morgan fingerprint density at radius 3 is 2.62 bits per heavy atom. The Morgan fingerprint density at radius 1 is 1.17 bits per heavy atom. The van der Waals surface area contributed by atoms with Crippen LogP contribution in [0, 0.1) is 3.57 Å². The second-order valence-corrected chi connectivity index (χ2v) is 9.09. The van der Waals surface area contributed by atoms with E-state index in [2.05, 4.69) is 66.6 Å². The summed E-state index contributed by atoms with van der Waals surface area (Å²) in [6.45, 7) is 2.77. The van der Waals surface area contributed by atoms with Crippen molar-refractivity contribution in [3.05, 3.63) is 69.6 Å². The van der Waals surface area contributed by atoms with Gasteiger partial charge in [-0.2, -0.15) is 0 Å². The maximum Gasteiger partial charge on any atom is 0.234 e. The number of rotatable bonds is 8. The average molecular weight is 521 g/mol. The van der Waals surface area contributed by atoms with Crippen LogP contribution in [0.5, 0.6) is 0 Å². The zero-order valence-electron chi connectivity index (χ0n) is 16.7. The van der Waals surface area contributed by atoms with Crippen LogP contribution in [0.1, 0.15) is 24.4 Å². The van der Waals surface area contributed by atoms with E-state index in [0.29, 0.717) is 6.54 Å². The second-order valence-electron chi connectivity index (χ2n) is 6.90. The van der Waals surface area contributed by atoms with Gasteiger partial charge in [0.1, 0.15) is 0 Å². The lowest BCUT2D eigenvalue weighted by atomic mass is 10.2. The molecule has 0 saturated heterocycles. The Kier molecular flexibility index (Phi) is 7.68. The number of carbonyl (C=O) groups is 1. The molecule has 1 aromatic heterocycles. The van der Waals surface area contributed by atoms with E-state index < -0.39 is 0 Å². The molecule has 2 aromatic carbocycles. The molecule has 1 heterocycles. The van der Waals surface area contributed by atoms with E-state index in [1.807, 2.05) is 56.6 Å². The number of amides is 1. The number of halogens is 1. The minimum absolute atomic E-state index is 0.0616. The predicted octanol–water partition coefficient (Wildman–Crippen LogP) is 4.28. The molecule has 1 atom stereocenters. The van der Waals surface area contributed by atoms with Gasteiger partial charge in [-0.15, -0.1) is 10.2 Å². The summed E-state index contributed by atoms with van der Waals surface area (Å²) in [5.74, 6) is 1.10. The first-order valence-electron chi connectivity index (χ1n) is 9.25. The number of nitrogens with zero attached hydrogens (tertiary/aromatic N) is 4. The first-order valence-corrected chi connectivity index (χ1v) is 11.3. The molecule has 0 bridgehead atoms. The smallest absolute Gasteiger partial charge is 0.234 e. The van der Waals surface area contributed by atoms with Crippen LogP contribution >= 0.6 is 34.4 Å². The lowest BCUT2D eigenvalue weighted by Crippen LogP contribution is -2.21. The average Bonchev–Trinajstić information content (AvgIpc) is 3.09. The summed E-state index contributed by atoms with van der Waals surface area (Å²) in [5, 5.41) is 12.5. The third-order valence-corrected chi connectivity index (χ3v) is 6.16. The Hall–Kier alpha value is -1.91. The molecule has 0 saturated carbocycles. The number of carbonyl (C=O) groups excluding carboxylic acids is 1. The predicted molar refractivity (Wildman–Crippen MR) is 126 cm³/mol. The molecule has 1 N–H and O–H groups in total. The van der Waals surface area contributed by atoms with Gasteiger partial charge in [-0.1, -0.05) is 48.2 Å². The normalized spacial score (nSPS) is 12.2. The van der Waals surface area contributed by atoms with Gasteiger partial charge in [0.2, 0.25) is 5.91 Å². The second kappa shape index (κ2) is 10.2. The van der Waals surface area contributed by atoms with Gasteiger partial charge >= 0.3 is 0 Å². The Bertz CT molecular complexity index is 961. The number of benzene rings is 2. The van der Waals surface area contributed by atoms with Gasteiger partial charge in [-0.25, -0.2) is 0 Å². The van der Waals surface area contributed by atoms with E-state index in [1.165, 1.54) is 17.3 Å². The maximum atomic E-state index is 12.4. The largest absolute Gasteiger partial charge is 0.325 e. The van der Waals surface area contributed by atoms with Crippen molar-refractivity contribution < 1.29 is 4.79 Å². The van der Waals surface area contributed by atoms with Crippen LogP contribution in [-0.4, -0.2) is 45.4 Å². The molecule has 3 rings (SSSR count). The number of nitrogens with one attached hydrogen (secondary N) is 1. The molecule has 0 aliphatic rings. The number of aromatic nitrogens is 3. The van der Waals surface area contributed by atoms with Gasteiger partial charge < -0.3 is 9.88 Å². The Labute approximate surface area is 189 Å². The van der Waals surface area contributed by atoms with E-state index in [0.717, 1.165) is 20.2 Å². The third kappa shape index (κ3) is 6.03. The minimum Gasteiger partial charge on any atom is -0.325 e. The zero-order valence-corrected chi connectivity index (χ0v) is 19.6. The summed E-state index contributed by atoms with van der Waals surface area (Å²) in [4.78, 5) is 14.5. The van der Waals surface area contributed by atoms with E-state index in [4.69, 9.17) is 0 Å². The third-order valence-electron chi connectivity index (χ3n) is 4.52. The molecule has 6 nitrogen and oxygen atoms in total. The van der Waals surface area contributed by atoms with Crippen molar-refractivity contribution in [1.82, 2.24) is 19.7 Å². The van der Waals surface area contributed by atoms with Crippen LogP contribution in [0.25, 0.3) is 0 Å². The van der Waals surface area contributed by atoms with E-state index in [9.17, 15) is 4.79 Å². The van der Waals surface area contributed by atoms with Crippen LogP contribution in [0.4, 0.5) is 5.69 Å². The van der Waals surface area contributed by atoms with Crippen molar-refractivity contribution in [2.24, 2.45) is 0 Å². The molecule has 0 fully saturated rings. The zero-order chi connectivity index (χ0) is 20.8. The van der Waals surface area contributed by atoms with Gasteiger partial charge in [0.25, 0.3) is 0 Å². The number of hydrogen-bond donors (Lipinski definition) is 1. The fraction of sp³-hybridized carbons (Fsp3) is 0.286. The van der Waals surface area contributed by atoms with Crippen molar-refractivity contribution in [3.63, 3.8) is 0 Å². The molecule has 0 radical (unpaired) electrons. The first kappa shape index (κ1) is 21.8. The first-order chi connectivity index (χ1) is 13.9. The van der Waals surface area contributed by atoms with Crippen molar-refractivity contribution in [2.75, 3.05) is 25.2 Å². The Balaban J connectivity index is 1.74. The van der Waals surface area contributed by atoms with Gasteiger partial charge in [0, 0.05) is 9.26 Å². The van der Waals surface area contributed by atoms with Gasteiger partial charge in [-0.05, 0) is 67.4 Å². The highest BCUT2D eigenvalue weighted by Gasteiger charge is 2.20. The quantitative estimate of drug-likeness (QED) is 0.354. The molecular formula is C21H24IN5OS. The fourth-order valence-corrected chi connectivity index (χ4v) is 4.04. The lowest BCUT2D eigenvalue weighted by molar-refractivity contribution is -0.113. The summed E-state index contributed by atoms with van der Waals surface area (Å²) in [5.41, 5.74) is 1.97. The molecule has 8 heteroatoms. The SMILES string of the molecule is C[C@@H](c1nnc(SCC(=O)Nc2cccc(I)c2)n1Cc1ccccc1)N(C)C. The molecule has 1 amide bonds. The minimum atomic E-state index is -0.0616. The Morgan fingerprint density at radius 2 is 1.93 bits per heavy atom. The molecule has 0 aliphatic heterocycles. The van der Waals surface area contributed by atoms with Crippen molar-refractivity contribution >= 4 is 45.9 Å². The molecule has 0 spiro atoms. The lowest BCUT2D eigenvalue weighted by Gasteiger charge is -2.20. The fourth-order valence-electron chi connectivity index (χ4n) is 2.75. The standard InChI is InChI=1S/C21H24IN5OS/c1-15(26(2)3)20-24-25-21(27(20)13-16-8-5-4-6-9-16)29-14-19(28)23-18-11-7-10-17(22)12-18/h4-12,15H,13-14H2,1-3H3,(H,23,28)/t15-/m0/s1. The molecule has 0 aliphatic carbocycles. The van der Waals surface area contributed by atoms with Crippen LogP contribution in [0.3, 0.4) is 0 Å². The monoisotopic (exact) mass is 521 g/mol. The topological polar surface area (TPSA) is 63.1 Å². The van der Waals surface area contributed by atoms with E-state index in [1.54, 1.807) is 0 Å². The molecule has 0 unspecified atom stereocenters. The van der Waals surface area contributed by atoms with Gasteiger partial charge in [0.05, 0.1) is 18.3 Å². The van der Waals surface area contributed by atoms with Crippen LogP contribution in [0.15, 0.2) is 59.8 Å². The molecular weight excluding hydrogens is 497 g/mol. The number of hydrogen-bond acceptors (Lipinski definition) is 5. The highest BCUT2D eigenvalue weighted by molar-refractivity contribution is 14.1. The molecule has 152 valence electrons. The van der Waals surface area contributed by atoms with E-state index in [-0.39, 0.29) is 17.7 Å². The number of thioether (sulfide) groups is 1. The summed E-state index contributed by atoms with van der Waals surface area (Å²) in [6.07, 6.45) is 0. The van der Waals surface area contributed by atoms with Crippen molar-refractivity contribution in [1.29, 1.82) is 0 Å². The highest BCUT2D eigenvalue weighted by atomic mass is 127. The van der Waals surface area contributed by atoms with Crippen LogP contribution in [-0.2, 0) is 11.3 Å².